The Bertz CT molecular complexity index is 1130. The molecule has 178 valence electrons. The Hall–Kier alpha value is -3.67. The van der Waals surface area contributed by atoms with E-state index in [0.29, 0.717) is 31.0 Å². The molecule has 1 saturated heterocycles. The van der Waals surface area contributed by atoms with Crippen LogP contribution in [-0.4, -0.2) is 51.2 Å². The molecule has 0 spiro atoms. The molecule has 6 heteroatoms. The lowest BCUT2D eigenvalue weighted by molar-refractivity contribution is 0.0746. The average Bonchev–Trinajstić information content (AvgIpc) is 2.86. The first kappa shape index (κ1) is 23.5. The van der Waals surface area contributed by atoms with Gasteiger partial charge in [0.05, 0.1) is 19.9 Å². The molecule has 1 aliphatic rings. The highest BCUT2D eigenvalue weighted by Crippen LogP contribution is 2.29. The number of piperazine rings is 1. The third-order valence-electron chi connectivity index (χ3n) is 6.11. The summed E-state index contributed by atoms with van der Waals surface area (Å²) in [7, 11) is 3.32. The van der Waals surface area contributed by atoms with Crippen LogP contribution in [0.4, 0.5) is 5.69 Å². The van der Waals surface area contributed by atoms with Gasteiger partial charge in [0.2, 0.25) is 0 Å². The van der Waals surface area contributed by atoms with Crippen LogP contribution in [0.15, 0.2) is 60.7 Å². The maximum atomic E-state index is 13.3. The number of rotatable bonds is 7. The largest absolute Gasteiger partial charge is 0.496 e. The van der Waals surface area contributed by atoms with Crippen LogP contribution in [-0.2, 0) is 6.61 Å². The zero-order chi connectivity index (χ0) is 24.1. The highest BCUT2D eigenvalue weighted by atomic mass is 16.5. The molecular formula is C28H32N2O4. The number of nitrogens with zero attached hydrogens (tertiary/aromatic N) is 2. The minimum atomic E-state index is 0.0231. The van der Waals surface area contributed by atoms with Gasteiger partial charge < -0.3 is 24.0 Å². The number of benzene rings is 3. The summed E-state index contributed by atoms with van der Waals surface area (Å²) in [5, 5.41) is 0. The van der Waals surface area contributed by atoms with E-state index in [1.54, 1.807) is 14.2 Å². The van der Waals surface area contributed by atoms with Gasteiger partial charge in [-0.25, -0.2) is 0 Å². The van der Waals surface area contributed by atoms with Crippen molar-refractivity contribution < 1.29 is 19.0 Å². The van der Waals surface area contributed by atoms with Crippen LogP contribution in [0.1, 0.15) is 27.0 Å². The third-order valence-corrected chi connectivity index (χ3v) is 6.11. The average molecular weight is 461 g/mol. The Morgan fingerprint density at radius 1 is 0.824 bits per heavy atom. The lowest BCUT2D eigenvalue weighted by Crippen LogP contribution is -2.48. The van der Waals surface area contributed by atoms with Crippen LogP contribution in [0.2, 0.25) is 0 Å². The predicted octanol–water partition coefficient (Wildman–Crippen LogP) is 4.86. The lowest BCUT2D eigenvalue weighted by atomic mass is 10.1. The number of ether oxygens (including phenoxy) is 3. The molecule has 0 saturated carbocycles. The van der Waals surface area contributed by atoms with Gasteiger partial charge in [-0.1, -0.05) is 18.2 Å². The number of carbonyl (C=O) groups is 1. The van der Waals surface area contributed by atoms with Crippen molar-refractivity contribution in [2.45, 2.75) is 20.5 Å². The van der Waals surface area contributed by atoms with Gasteiger partial charge in [0, 0.05) is 37.3 Å². The van der Waals surface area contributed by atoms with E-state index >= 15 is 0 Å². The van der Waals surface area contributed by atoms with E-state index in [0.717, 1.165) is 47.0 Å². The SMILES string of the molecule is COc1ccc(C(=O)N2CCN(c3ccccc3OC)CC2)cc1COc1cc(C)cc(C)c1. The molecule has 0 aromatic heterocycles. The van der Waals surface area contributed by atoms with E-state index in [-0.39, 0.29) is 5.91 Å². The Balaban J connectivity index is 1.44. The second-order valence-corrected chi connectivity index (χ2v) is 8.59. The van der Waals surface area contributed by atoms with Gasteiger partial charge in [0.1, 0.15) is 23.9 Å². The summed E-state index contributed by atoms with van der Waals surface area (Å²) in [5.74, 6) is 2.39. The fourth-order valence-corrected chi connectivity index (χ4v) is 4.43. The second kappa shape index (κ2) is 10.5. The maximum Gasteiger partial charge on any atom is 0.253 e. The van der Waals surface area contributed by atoms with Crippen molar-refractivity contribution in [1.82, 2.24) is 4.90 Å². The Labute approximate surface area is 201 Å². The standard InChI is InChI=1S/C28H32N2O4/c1-20-15-21(2)17-24(16-20)34-19-23-18-22(9-10-26(23)32-3)28(31)30-13-11-29(12-14-30)25-7-5-6-8-27(25)33-4/h5-10,15-18H,11-14,19H2,1-4H3. The zero-order valence-corrected chi connectivity index (χ0v) is 20.3. The Morgan fingerprint density at radius 3 is 2.18 bits per heavy atom. The molecule has 0 bridgehead atoms. The van der Waals surface area contributed by atoms with Crippen molar-refractivity contribution in [3.05, 3.63) is 82.9 Å². The molecule has 34 heavy (non-hydrogen) atoms. The molecule has 3 aromatic rings. The summed E-state index contributed by atoms with van der Waals surface area (Å²) < 4.78 is 17.1. The molecule has 1 amide bonds. The van der Waals surface area contributed by atoms with Crippen molar-refractivity contribution in [3.8, 4) is 17.2 Å². The Morgan fingerprint density at radius 2 is 1.50 bits per heavy atom. The topological polar surface area (TPSA) is 51.2 Å². The molecule has 0 radical (unpaired) electrons. The lowest BCUT2D eigenvalue weighted by Gasteiger charge is -2.36. The summed E-state index contributed by atoms with van der Waals surface area (Å²) in [4.78, 5) is 17.5. The number of methoxy groups -OCH3 is 2. The number of hydrogen-bond donors (Lipinski definition) is 0. The molecule has 1 heterocycles. The molecule has 0 N–H and O–H groups in total. The van der Waals surface area contributed by atoms with E-state index in [9.17, 15) is 4.79 Å². The monoisotopic (exact) mass is 460 g/mol. The van der Waals surface area contributed by atoms with Crippen molar-refractivity contribution in [3.63, 3.8) is 0 Å². The summed E-state index contributed by atoms with van der Waals surface area (Å²) >= 11 is 0. The highest BCUT2D eigenvalue weighted by molar-refractivity contribution is 5.94. The summed E-state index contributed by atoms with van der Waals surface area (Å²) in [6.07, 6.45) is 0. The molecule has 1 fully saturated rings. The Kier molecular flexibility index (Phi) is 7.26. The van der Waals surface area contributed by atoms with Crippen LogP contribution >= 0.6 is 0 Å². The molecular weight excluding hydrogens is 428 g/mol. The summed E-state index contributed by atoms with van der Waals surface area (Å²) in [6.45, 7) is 7.24. The summed E-state index contributed by atoms with van der Waals surface area (Å²) in [6, 6.07) is 19.7. The maximum absolute atomic E-state index is 13.3. The van der Waals surface area contributed by atoms with Gasteiger partial charge in [-0.3, -0.25) is 4.79 Å². The van der Waals surface area contributed by atoms with Crippen molar-refractivity contribution in [1.29, 1.82) is 0 Å². The zero-order valence-electron chi connectivity index (χ0n) is 20.3. The van der Waals surface area contributed by atoms with Gasteiger partial charge in [-0.15, -0.1) is 0 Å². The molecule has 3 aromatic carbocycles. The van der Waals surface area contributed by atoms with Crippen molar-refractivity contribution in [2.75, 3.05) is 45.3 Å². The smallest absolute Gasteiger partial charge is 0.253 e. The number of amides is 1. The van der Waals surface area contributed by atoms with E-state index < -0.39 is 0 Å². The first-order chi connectivity index (χ1) is 16.5. The van der Waals surface area contributed by atoms with E-state index in [1.165, 1.54) is 0 Å². The molecule has 0 atom stereocenters. The van der Waals surface area contributed by atoms with Gasteiger partial charge in [0.15, 0.2) is 0 Å². The van der Waals surface area contributed by atoms with E-state index in [1.807, 2.05) is 67.3 Å². The molecule has 0 unspecified atom stereocenters. The summed E-state index contributed by atoms with van der Waals surface area (Å²) in [5.41, 5.74) is 4.86. The van der Waals surface area contributed by atoms with E-state index in [4.69, 9.17) is 14.2 Å². The number of aryl methyl sites for hydroxylation is 2. The quantitative estimate of drug-likeness (QED) is 0.504. The first-order valence-electron chi connectivity index (χ1n) is 11.5. The predicted molar refractivity (Wildman–Crippen MR) is 134 cm³/mol. The van der Waals surface area contributed by atoms with Crippen LogP contribution in [0, 0.1) is 13.8 Å². The van der Waals surface area contributed by atoms with Gasteiger partial charge in [0.25, 0.3) is 5.91 Å². The van der Waals surface area contributed by atoms with Crippen LogP contribution < -0.4 is 19.1 Å². The minimum absolute atomic E-state index is 0.0231. The molecule has 4 rings (SSSR count). The van der Waals surface area contributed by atoms with Gasteiger partial charge in [-0.05, 0) is 67.4 Å². The van der Waals surface area contributed by atoms with Gasteiger partial charge in [-0.2, -0.15) is 0 Å². The normalized spacial score (nSPS) is 13.5. The number of para-hydroxylation sites is 2. The van der Waals surface area contributed by atoms with Crippen molar-refractivity contribution in [2.24, 2.45) is 0 Å². The number of anilines is 1. The second-order valence-electron chi connectivity index (χ2n) is 8.59. The fraction of sp³-hybridized carbons (Fsp3) is 0.321. The van der Waals surface area contributed by atoms with Crippen LogP contribution in [0.25, 0.3) is 0 Å². The fourth-order valence-electron chi connectivity index (χ4n) is 4.43. The van der Waals surface area contributed by atoms with Crippen molar-refractivity contribution >= 4 is 11.6 Å². The molecule has 0 aliphatic carbocycles. The highest BCUT2D eigenvalue weighted by Gasteiger charge is 2.24. The number of carbonyl (C=O) groups excluding carboxylic acids is 1. The van der Waals surface area contributed by atoms with Crippen LogP contribution in [0.5, 0.6) is 17.2 Å². The molecule has 1 aliphatic heterocycles. The molecule has 6 nitrogen and oxygen atoms in total. The number of hydrogen-bond acceptors (Lipinski definition) is 5. The van der Waals surface area contributed by atoms with Gasteiger partial charge >= 0.3 is 0 Å². The minimum Gasteiger partial charge on any atom is -0.496 e. The third kappa shape index (κ3) is 5.28. The first-order valence-corrected chi connectivity index (χ1v) is 11.5. The van der Waals surface area contributed by atoms with E-state index in [2.05, 4.69) is 17.0 Å². The van der Waals surface area contributed by atoms with Crippen LogP contribution in [0.3, 0.4) is 0 Å².